The molecule has 5 nitrogen and oxygen atoms in total. The van der Waals surface area contributed by atoms with Crippen molar-refractivity contribution < 1.29 is 4.79 Å². The molecule has 0 radical (unpaired) electrons. The summed E-state index contributed by atoms with van der Waals surface area (Å²) in [4.78, 5) is 17.7. The Balaban J connectivity index is 2.05. The molecule has 0 spiro atoms. The summed E-state index contributed by atoms with van der Waals surface area (Å²) in [6.45, 7) is 8.92. The van der Waals surface area contributed by atoms with E-state index in [1.54, 1.807) is 11.8 Å². The van der Waals surface area contributed by atoms with Crippen LogP contribution in [-0.4, -0.2) is 22.1 Å². The number of hydrogen-bond acceptors (Lipinski definition) is 4. The largest absolute Gasteiger partial charge is 0.320 e. The first-order chi connectivity index (χ1) is 9.52. The van der Waals surface area contributed by atoms with Crippen molar-refractivity contribution in [3.63, 3.8) is 0 Å². The van der Waals surface area contributed by atoms with E-state index < -0.39 is 0 Å². The lowest BCUT2D eigenvalue weighted by molar-refractivity contribution is -0.116. The molecule has 108 valence electrons. The van der Waals surface area contributed by atoms with Gasteiger partial charge in [-0.25, -0.2) is 4.98 Å². The second-order valence-corrected chi connectivity index (χ2v) is 5.51. The van der Waals surface area contributed by atoms with E-state index in [0.717, 1.165) is 22.2 Å². The van der Waals surface area contributed by atoms with Crippen LogP contribution in [0.5, 0.6) is 0 Å². The molecule has 20 heavy (non-hydrogen) atoms. The Labute approximate surface area is 123 Å². The van der Waals surface area contributed by atoms with Gasteiger partial charge in [0.2, 0.25) is 5.91 Å². The average Bonchev–Trinajstić information content (AvgIpc) is 2.96. The predicted molar refractivity (Wildman–Crippen MR) is 82.8 cm³/mol. The number of thiazole rings is 1. The fourth-order valence-electron chi connectivity index (χ4n) is 2.07. The number of carbonyl (C=O) groups is 1. The zero-order valence-corrected chi connectivity index (χ0v) is 13.1. The van der Waals surface area contributed by atoms with Crippen molar-refractivity contribution in [2.24, 2.45) is 0 Å². The van der Waals surface area contributed by atoms with Crippen molar-refractivity contribution in [3.05, 3.63) is 34.6 Å². The van der Waals surface area contributed by atoms with E-state index in [4.69, 9.17) is 0 Å². The average molecular weight is 292 g/mol. The highest BCUT2D eigenvalue weighted by Crippen LogP contribution is 2.20. The Bertz CT molecular complexity index is 583. The Morgan fingerprint density at radius 2 is 2.05 bits per heavy atom. The monoisotopic (exact) mass is 292 g/mol. The van der Waals surface area contributed by atoms with Crippen LogP contribution in [0.3, 0.4) is 0 Å². The van der Waals surface area contributed by atoms with Gasteiger partial charge in [0.05, 0.1) is 12.2 Å². The van der Waals surface area contributed by atoms with Gasteiger partial charge in [0.25, 0.3) is 0 Å². The third-order valence-corrected chi connectivity index (χ3v) is 4.07. The van der Waals surface area contributed by atoms with Crippen LogP contribution in [0, 0.1) is 13.8 Å². The van der Waals surface area contributed by atoms with Gasteiger partial charge in [-0.05, 0) is 32.9 Å². The van der Waals surface area contributed by atoms with Crippen LogP contribution in [-0.2, 0) is 11.3 Å². The van der Waals surface area contributed by atoms with E-state index in [2.05, 4.69) is 36.4 Å². The van der Waals surface area contributed by atoms with Gasteiger partial charge < -0.3 is 5.43 Å². The van der Waals surface area contributed by atoms with E-state index in [9.17, 15) is 4.79 Å². The molecule has 0 aliphatic heterocycles. The molecule has 2 aromatic heterocycles. The second-order valence-electron chi connectivity index (χ2n) is 4.67. The molecule has 0 unspecified atom stereocenters. The van der Waals surface area contributed by atoms with E-state index in [-0.39, 0.29) is 5.91 Å². The summed E-state index contributed by atoms with van der Waals surface area (Å²) in [5, 5.41) is 2.75. The lowest BCUT2D eigenvalue weighted by atomic mass is 10.5. The van der Waals surface area contributed by atoms with Crippen LogP contribution in [0.25, 0.3) is 0 Å². The van der Waals surface area contributed by atoms with E-state index >= 15 is 0 Å². The minimum atomic E-state index is 0.0263. The molecule has 0 fully saturated rings. The summed E-state index contributed by atoms with van der Waals surface area (Å²) in [5.41, 5.74) is 6.60. The number of nitrogens with zero attached hydrogens (tertiary/aromatic N) is 3. The highest BCUT2D eigenvalue weighted by molar-refractivity contribution is 7.14. The number of rotatable bonds is 5. The predicted octanol–water partition coefficient (Wildman–Crippen LogP) is 2.68. The van der Waals surface area contributed by atoms with Crippen LogP contribution < -0.4 is 10.3 Å². The molecular formula is C14H20N4OS. The molecule has 1 N–H and O–H groups in total. The van der Waals surface area contributed by atoms with Gasteiger partial charge >= 0.3 is 0 Å². The molecule has 2 aromatic rings. The van der Waals surface area contributed by atoms with Crippen LogP contribution in [0.1, 0.15) is 30.9 Å². The first kappa shape index (κ1) is 14.6. The normalized spacial score (nSPS) is 10.6. The maximum Gasteiger partial charge on any atom is 0.225 e. The smallest absolute Gasteiger partial charge is 0.225 e. The van der Waals surface area contributed by atoms with Crippen LogP contribution >= 0.6 is 11.3 Å². The van der Waals surface area contributed by atoms with Gasteiger partial charge in [-0.2, -0.15) is 0 Å². The summed E-state index contributed by atoms with van der Waals surface area (Å²) in [6, 6.07) is 4.15. The summed E-state index contributed by atoms with van der Waals surface area (Å²) < 4.78 is 2.04. The number of amides is 1. The Morgan fingerprint density at radius 1 is 1.40 bits per heavy atom. The molecule has 6 heteroatoms. The van der Waals surface area contributed by atoms with Gasteiger partial charge in [0.1, 0.15) is 0 Å². The molecular weight excluding hydrogens is 272 g/mol. The van der Waals surface area contributed by atoms with Crippen molar-refractivity contribution in [3.8, 4) is 0 Å². The molecule has 0 aliphatic rings. The Morgan fingerprint density at radius 3 is 2.60 bits per heavy atom. The SMILES string of the molecule is CCN(C(C)=O)c1nc(CNn2c(C)ccc2C)cs1. The Hall–Kier alpha value is -1.82. The molecule has 0 saturated heterocycles. The standard InChI is InChI=1S/C14H20N4OS/c1-5-17(12(4)19)14-16-13(9-20-14)8-15-18-10(2)6-7-11(18)3/h6-7,9,15H,5,8H2,1-4H3. The minimum absolute atomic E-state index is 0.0263. The number of nitrogens with one attached hydrogen (secondary N) is 1. The molecule has 0 aromatic carbocycles. The molecule has 2 heterocycles. The van der Waals surface area contributed by atoms with Gasteiger partial charge in [0, 0.05) is 30.2 Å². The lowest BCUT2D eigenvalue weighted by Gasteiger charge is -2.14. The third-order valence-electron chi connectivity index (χ3n) is 3.16. The zero-order chi connectivity index (χ0) is 14.7. The summed E-state index contributed by atoms with van der Waals surface area (Å²) in [5.74, 6) is 0.0263. The van der Waals surface area contributed by atoms with Gasteiger partial charge in [-0.3, -0.25) is 14.4 Å². The molecule has 0 aliphatic carbocycles. The second kappa shape index (κ2) is 6.09. The van der Waals surface area contributed by atoms with E-state index in [0.29, 0.717) is 13.1 Å². The summed E-state index contributed by atoms with van der Waals surface area (Å²) in [7, 11) is 0. The fourth-order valence-corrected chi connectivity index (χ4v) is 3.00. The maximum absolute atomic E-state index is 11.5. The summed E-state index contributed by atoms with van der Waals surface area (Å²) in [6.07, 6.45) is 0. The maximum atomic E-state index is 11.5. The van der Waals surface area contributed by atoms with Crippen molar-refractivity contribution in [1.82, 2.24) is 9.66 Å². The third kappa shape index (κ3) is 3.01. The topological polar surface area (TPSA) is 50.2 Å². The highest BCUT2D eigenvalue weighted by atomic mass is 32.1. The van der Waals surface area contributed by atoms with Gasteiger partial charge in [-0.15, -0.1) is 11.3 Å². The number of carbonyl (C=O) groups excluding carboxylic acids is 1. The quantitative estimate of drug-likeness (QED) is 0.922. The van der Waals surface area contributed by atoms with Crippen molar-refractivity contribution in [1.29, 1.82) is 0 Å². The Kier molecular flexibility index (Phi) is 4.44. The number of aromatic nitrogens is 2. The zero-order valence-electron chi connectivity index (χ0n) is 12.3. The minimum Gasteiger partial charge on any atom is -0.320 e. The number of anilines is 1. The lowest BCUT2D eigenvalue weighted by Crippen LogP contribution is -2.27. The van der Waals surface area contributed by atoms with Crippen molar-refractivity contribution in [2.45, 2.75) is 34.2 Å². The number of aryl methyl sites for hydroxylation is 2. The molecule has 2 rings (SSSR count). The molecule has 0 atom stereocenters. The van der Waals surface area contributed by atoms with Crippen molar-refractivity contribution in [2.75, 3.05) is 16.9 Å². The van der Waals surface area contributed by atoms with Crippen LogP contribution in [0.4, 0.5) is 5.13 Å². The fraction of sp³-hybridized carbons (Fsp3) is 0.429. The van der Waals surface area contributed by atoms with E-state index in [1.807, 2.05) is 17.0 Å². The van der Waals surface area contributed by atoms with Crippen LogP contribution in [0.15, 0.2) is 17.5 Å². The molecule has 1 amide bonds. The van der Waals surface area contributed by atoms with E-state index in [1.165, 1.54) is 11.3 Å². The molecule has 0 saturated carbocycles. The summed E-state index contributed by atoms with van der Waals surface area (Å²) >= 11 is 1.50. The highest BCUT2D eigenvalue weighted by Gasteiger charge is 2.13. The first-order valence-electron chi connectivity index (χ1n) is 6.64. The van der Waals surface area contributed by atoms with Gasteiger partial charge in [0.15, 0.2) is 5.13 Å². The molecule has 0 bridgehead atoms. The van der Waals surface area contributed by atoms with Crippen LogP contribution in [0.2, 0.25) is 0 Å². The van der Waals surface area contributed by atoms with Crippen molar-refractivity contribution >= 4 is 22.4 Å². The number of hydrogen-bond donors (Lipinski definition) is 1. The van der Waals surface area contributed by atoms with Gasteiger partial charge in [-0.1, -0.05) is 0 Å². The first-order valence-corrected chi connectivity index (χ1v) is 7.52.